The van der Waals surface area contributed by atoms with Gasteiger partial charge in [0.25, 0.3) is 0 Å². The van der Waals surface area contributed by atoms with Gasteiger partial charge in [-0.25, -0.2) is 9.37 Å². The van der Waals surface area contributed by atoms with E-state index in [0.29, 0.717) is 0 Å². The second kappa shape index (κ2) is 5.82. The summed E-state index contributed by atoms with van der Waals surface area (Å²) in [6.45, 7) is 0. The zero-order chi connectivity index (χ0) is 15.4. The van der Waals surface area contributed by atoms with Crippen molar-refractivity contribution in [2.24, 2.45) is 10.9 Å². The van der Waals surface area contributed by atoms with Crippen molar-refractivity contribution < 1.29 is 19.3 Å². The maximum Gasteiger partial charge on any atom is 0.314 e. The molecule has 0 spiro atoms. The average molecular weight is 292 g/mol. The molecule has 0 radical (unpaired) electrons. The van der Waals surface area contributed by atoms with Crippen molar-refractivity contribution in [1.29, 1.82) is 0 Å². The maximum absolute atomic E-state index is 13.0. The molecular weight excluding hydrogens is 283 g/mol. The Bertz CT molecular complexity index is 720. The fraction of sp³-hybridized carbons (Fsp3) is 0. The zero-order valence-electron chi connectivity index (χ0n) is 10.4. The summed E-state index contributed by atoms with van der Waals surface area (Å²) in [5.41, 5.74) is 4.97. The average Bonchev–Trinajstić information content (AvgIpc) is 2.48. The molecule has 2 aromatic rings. The summed E-state index contributed by atoms with van der Waals surface area (Å²) in [4.78, 5) is 14.0. The van der Waals surface area contributed by atoms with Gasteiger partial charge in [0.05, 0.1) is 11.0 Å². The summed E-state index contributed by atoms with van der Waals surface area (Å²) >= 11 is 0. The van der Waals surface area contributed by atoms with Gasteiger partial charge in [-0.2, -0.15) is 0 Å². The molecule has 0 amide bonds. The van der Waals surface area contributed by atoms with Gasteiger partial charge in [0, 0.05) is 6.07 Å². The number of hydrogen-bond acceptors (Lipinski definition) is 6. The van der Waals surface area contributed by atoms with Crippen LogP contribution in [0, 0.1) is 15.9 Å². The molecule has 0 aliphatic rings. The van der Waals surface area contributed by atoms with Crippen LogP contribution in [0.5, 0.6) is 11.6 Å². The van der Waals surface area contributed by atoms with E-state index in [1.165, 1.54) is 18.2 Å². The number of ether oxygens (including phenoxy) is 1. The molecule has 9 heteroatoms. The molecule has 2 rings (SSSR count). The Labute approximate surface area is 117 Å². The highest BCUT2D eigenvalue weighted by molar-refractivity contribution is 5.95. The molecule has 21 heavy (non-hydrogen) atoms. The predicted molar refractivity (Wildman–Crippen MR) is 69.9 cm³/mol. The number of nitro groups is 1. The van der Waals surface area contributed by atoms with Gasteiger partial charge in [0.2, 0.25) is 11.6 Å². The maximum atomic E-state index is 13.0. The molecule has 1 aromatic heterocycles. The van der Waals surface area contributed by atoms with E-state index in [0.717, 1.165) is 18.2 Å². The lowest BCUT2D eigenvalue weighted by Crippen LogP contribution is -2.14. The van der Waals surface area contributed by atoms with Gasteiger partial charge >= 0.3 is 5.69 Å². The molecule has 0 saturated carbocycles. The van der Waals surface area contributed by atoms with Crippen molar-refractivity contribution in [2.75, 3.05) is 0 Å². The highest BCUT2D eigenvalue weighted by Gasteiger charge is 2.17. The first-order chi connectivity index (χ1) is 10.0. The number of rotatable bonds is 4. The Balaban J connectivity index is 2.37. The lowest BCUT2D eigenvalue weighted by molar-refractivity contribution is -0.385. The van der Waals surface area contributed by atoms with Gasteiger partial charge < -0.3 is 15.7 Å². The Morgan fingerprint density at radius 2 is 2.19 bits per heavy atom. The summed E-state index contributed by atoms with van der Waals surface area (Å²) in [5.74, 6) is -1.19. The molecule has 0 aliphatic heterocycles. The third-order valence-corrected chi connectivity index (χ3v) is 2.43. The number of halogens is 1. The number of amidine groups is 1. The van der Waals surface area contributed by atoms with E-state index in [9.17, 15) is 14.5 Å². The molecular formula is C12H9FN4O4. The van der Waals surface area contributed by atoms with E-state index in [-0.39, 0.29) is 23.2 Å². The third-order valence-electron chi connectivity index (χ3n) is 2.43. The lowest BCUT2D eigenvalue weighted by atomic mass is 10.3. The molecule has 0 bridgehead atoms. The van der Waals surface area contributed by atoms with E-state index >= 15 is 0 Å². The van der Waals surface area contributed by atoms with E-state index in [2.05, 4.69) is 10.1 Å². The van der Waals surface area contributed by atoms with Crippen molar-refractivity contribution in [3.05, 3.63) is 58.0 Å². The summed E-state index contributed by atoms with van der Waals surface area (Å²) in [6.07, 6.45) is 0. The number of nitro benzene ring substituents is 1. The minimum absolute atomic E-state index is 0.0196. The van der Waals surface area contributed by atoms with Crippen LogP contribution in [-0.4, -0.2) is 21.0 Å². The highest BCUT2D eigenvalue weighted by atomic mass is 19.1. The van der Waals surface area contributed by atoms with Crippen LogP contribution in [-0.2, 0) is 0 Å². The van der Waals surface area contributed by atoms with Crippen molar-refractivity contribution in [3.63, 3.8) is 0 Å². The normalized spacial score (nSPS) is 11.2. The fourth-order valence-corrected chi connectivity index (χ4v) is 1.50. The van der Waals surface area contributed by atoms with Crippen LogP contribution in [0.25, 0.3) is 0 Å². The number of aromatic nitrogens is 1. The monoisotopic (exact) mass is 292 g/mol. The summed E-state index contributed by atoms with van der Waals surface area (Å²) < 4.78 is 18.3. The minimum atomic E-state index is -0.772. The van der Waals surface area contributed by atoms with Crippen LogP contribution < -0.4 is 10.5 Å². The first-order valence-corrected chi connectivity index (χ1v) is 5.58. The fourth-order valence-electron chi connectivity index (χ4n) is 1.50. The van der Waals surface area contributed by atoms with Crippen LogP contribution >= 0.6 is 0 Å². The third kappa shape index (κ3) is 3.21. The van der Waals surface area contributed by atoms with E-state index < -0.39 is 16.4 Å². The zero-order valence-corrected chi connectivity index (χ0v) is 10.4. The smallest absolute Gasteiger partial charge is 0.314 e. The van der Waals surface area contributed by atoms with Crippen molar-refractivity contribution >= 4 is 11.5 Å². The topological polar surface area (TPSA) is 124 Å². The first-order valence-electron chi connectivity index (χ1n) is 5.58. The summed E-state index contributed by atoms with van der Waals surface area (Å²) in [6, 6.07) is 7.26. The molecule has 3 N–H and O–H groups in total. The molecule has 0 atom stereocenters. The van der Waals surface area contributed by atoms with Crippen molar-refractivity contribution in [2.45, 2.75) is 0 Å². The predicted octanol–water partition coefficient (Wildman–Crippen LogP) is 2.02. The van der Waals surface area contributed by atoms with Gasteiger partial charge in [-0.15, -0.1) is 0 Å². The lowest BCUT2D eigenvalue weighted by Gasteiger charge is -2.06. The number of oxime groups is 1. The molecule has 0 unspecified atom stereocenters. The SMILES string of the molecule is NC(=NO)c1cccc(Oc2ccc(F)cc2[N+](=O)[O-])n1. The van der Waals surface area contributed by atoms with Gasteiger partial charge in [0.15, 0.2) is 5.84 Å². The van der Waals surface area contributed by atoms with Gasteiger partial charge in [-0.1, -0.05) is 11.2 Å². The number of nitrogens with zero attached hydrogens (tertiary/aromatic N) is 3. The Morgan fingerprint density at radius 1 is 1.43 bits per heavy atom. The van der Waals surface area contributed by atoms with Crippen LogP contribution in [0.15, 0.2) is 41.6 Å². The molecule has 108 valence electrons. The Kier molecular flexibility index (Phi) is 3.93. The van der Waals surface area contributed by atoms with Gasteiger partial charge in [-0.05, 0) is 18.2 Å². The van der Waals surface area contributed by atoms with E-state index in [1.807, 2.05) is 0 Å². The largest absolute Gasteiger partial charge is 0.432 e. The van der Waals surface area contributed by atoms with Gasteiger partial charge in [0.1, 0.15) is 11.5 Å². The molecule has 0 aliphatic carbocycles. The number of pyridine rings is 1. The van der Waals surface area contributed by atoms with Crippen molar-refractivity contribution in [1.82, 2.24) is 4.98 Å². The highest BCUT2D eigenvalue weighted by Crippen LogP contribution is 2.31. The molecule has 8 nitrogen and oxygen atoms in total. The van der Waals surface area contributed by atoms with Crippen LogP contribution in [0.3, 0.4) is 0 Å². The molecule has 1 aromatic carbocycles. The second-order valence-electron chi connectivity index (χ2n) is 3.82. The standard InChI is InChI=1S/C12H9FN4O4/c13-7-4-5-10(9(6-7)17(19)20)21-11-3-1-2-8(15-11)12(14)16-18/h1-6,18H,(H2,14,16). The Hall–Kier alpha value is -3.23. The number of nitrogens with two attached hydrogens (primary N) is 1. The van der Waals surface area contributed by atoms with Crippen molar-refractivity contribution in [3.8, 4) is 11.6 Å². The van der Waals surface area contributed by atoms with Crippen LogP contribution in [0.1, 0.15) is 5.69 Å². The first kappa shape index (κ1) is 14.2. The minimum Gasteiger partial charge on any atom is -0.432 e. The van der Waals surface area contributed by atoms with Crippen LogP contribution in [0.2, 0.25) is 0 Å². The summed E-state index contributed by atoms with van der Waals surface area (Å²) in [7, 11) is 0. The Morgan fingerprint density at radius 3 is 2.86 bits per heavy atom. The summed E-state index contributed by atoms with van der Waals surface area (Å²) in [5, 5.41) is 22.2. The quantitative estimate of drug-likeness (QED) is 0.292. The molecule has 1 heterocycles. The van der Waals surface area contributed by atoms with E-state index in [4.69, 9.17) is 15.7 Å². The number of hydrogen-bond donors (Lipinski definition) is 2. The van der Waals surface area contributed by atoms with Crippen LogP contribution in [0.4, 0.5) is 10.1 Å². The number of benzene rings is 1. The van der Waals surface area contributed by atoms with E-state index in [1.54, 1.807) is 0 Å². The molecule has 0 saturated heterocycles. The molecule has 0 fully saturated rings. The second-order valence-corrected chi connectivity index (χ2v) is 3.82. The van der Waals surface area contributed by atoms with Gasteiger partial charge in [-0.3, -0.25) is 10.1 Å².